The fourth-order valence-electron chi connectivity index (χ4n) is 1.61. The van der Waals surface area contributed by atoms with Crippen LogP contribution >= 0.6 is 23.1 Å². The highest BCUT2D eigenvalue weighted by Gasteiger charge is 2.21. The van der Waals surface area contributed by atoms with Gasteiger partial charge in [0, 0.05) is 23.6 Å². The van der Waals surface area contributed by atoms with Crippen LogP contribution in [0.15, 0.2) is 16.8 Å². The lowest BCUT2D eigenvalue weighted by atomic mass is 10.1. The first-order chi connectivity index (χ1) is 6.40. The molecule has 1 aromatic rings. The number of nitrogens with one attached hydrogen (secondary N) is 1. The topological polar surface area (TPSA) is 12.0 Å². The molecule has 1 N–H and O–H groups in total. The van der Waals surface area contributed by atoms with Crippen molar-refractivity contribution < 1.29 is 0 Å². The fourth-order valence-corrected chi connectivity index (χ4v) is 3.60. The predicted octanol–water partition coefficient (Wildman–Crippen LogP) is 2.90. The van der Waals surface area contributed by atoms with E-state index >= 15 is 0 Å². The molecule has 1 aromatic heterocycles. The predicted molar refractivity (Wildman–Crippen MR) is 61.6 cm³/mol. The highest BCUT2D eigenvalue weighted by atomic mass is 32.2. The normalized spacial score (nSPS) is 29.0. The zero-order valence-corrected chi connectivity index (χ0v) is 9.46. The molecule has 0 bridgehead atoms. The summed E-state index contributed by atoms with van der Waals surface area (Å²) in [5.74, 6) is 2.50. The second kappa shape index (κ2) is 4.49. The monoisotopic (exact) mass is 213 g/mol. The summed E-state index contributed by atoms with van der Waals surface area (Å²) in [5, 5.41) is 8.12. The Kier molecular flexibility index (Phi) is 3.30. The Hall–Kier alpha value is 0.01000. The summed E-state index contributed by atoms with van der Waals surface area (Å²) in [4.78, 5) is 0. The summed E-state index contributed by atoms with van der Waals surface area (Å²) < 4.78 is 0. The first kappa shape index (κ1) is 9.56. The number of hydrogen-bond acceptors (Lipinski definition) is 3. The van der Waals surface area contributed by atoms with E-state index in [0.717, 1.165) is 0 Å². The van der Waals surface area contributed by atoms with Crippen LogP contribution in [0.5, 0.6) is 0 Å². The quantitative estimate of drug-likeness (QED) is 0.810. The van der Waals surface area contributed by atoms with E-state index < -0.39 is 0 Å². The summed E-state index contributed by atoms with van der Waals surface area (Å²) in [7, 11) is 0. The zero-order valence-electron chi connectivity index (χ0n) is 7.82. The molecule has 0 aliphatic carbocycles. The molecule has 0 spiro atoms. The molecule has 13 heavy (non-hydrogen) atoms. The van der Waals surface area contributed by atoms with Gasteiger partial charge >= 0.3 is 0 Å². The molecule has 2 atom stereocenters. The van der Waals surface area contributed by atoms with Gasteiger partial charge in [0.05, 0.1) is 0 Å². The van der Waals surface area contributed by atoms with Crippen molar-refractivity contribution in [2.24, 2.45) is 0 Å². The van der Waals surface area contributed by atoms with E-state index in [2.05, 4.69) is 40.8 Å². The van der Waals surface area contributed by atoms with Crippen LogP contribution in [0.25, 0.3) is 0 Å². The molecule has 1 aliphatic rings. The second-order valence-corrected chi connectivity index (χ2v) is 5.27. The van der Waals surface area contributed by atoms with Crippen molar-refractivity contribution in [3.63, 3.8) is 0 Å². The van der Waals surface area contributed by atoms with E-state index in [1.54, 1.807) is 11.3 Å². The van der Waals surface area contributed by atoms with Gasteiger partial charge in [-0.1, -0.05) is 6.92 Å². The van der Waals surface area contributed by atoms with Crippen LogP contribution in [0.4, 0.5) is 0 Å². The molecule has 3 heteroatoms. The number of hydrogen-bond donors (Lipinski definition) is 1. The summed E-state index contributed by atoms with van der Waals surface area (Å²) in [6.07, 6.45) is 1.24. The molecular weight excluding hydrogens is 198 g/mol. The average Bonchev–Trinajstić information content (AvgIpc) is 2.71. The van der Waals surface area contributed by atoms with Crippen LogP contribution in [-0.2, 0) is 0 Å². The van der Waals surface area contributed by atoms with Crippen LogP contribution < -0.4 is 5.32 Å². The molecule has 1 nitrogen and oxygen atoms in total. The highest BCUT2D eigenvalue weighted by molar-refractivity contribution is 7.99. The Morgan fingerprint density at radius 1 is 1.54 bits per heavy atom. The standard InChI is InChI=1S/C10H15NS2/c1-2-9-6-13-7-10(11-9)8-3-4-12-5-8/h3-5,9-11H,2,6-7H2,1H3. The lowest BCUT2D eigenvalue weighted by Gasteiger charge is -2.29. The average molecular weight is 213 g/mol. The van der Waals surface area contributed by atoms with E-state index in [1.807, 2.05) is 0 Å². The van der Waals surface area contributed by atoms with Gasteiger partial charge in [0.2, 0.25) is 0 Å². The third-order valence-corrected chi connectivity index (χ3v) is 4.39. The van der Waals surface area contributed by atoms with E-state index in [1.165, 1.54) is 23.5 Å². The summed E-state index contributed by atoms with van der Waals surface area (Å²) in [6, 6.07) is 3.54. The lowest BCUT2D eigenvalue weighted by Crippen LogP contribution is -2.39. The molecule has 0 radical (unpaired) electrons. The van der Waals surface area contributed by atoms with Crippen LogP contribution in [0.1, 0.15) is 24.9 Å². The smallest absolute Gasteiger partial charge is 0.0422 e. The molecule has 2 rings (SSSR count). The minimum absolute atomic E-state index is 0.593. The van der Waals surface area contributed by atoms with E-state index in [-0.39, 0.29) is 0 Å². The fraction of sp³-hybridized carbons (Fsp3) is 0.600. The Labute approximate surface area is 87.9 Å². The molecule has 1 aliphatic heterocycles. The third-order valence-electron chi connectivity index (χ3n) is 2.48. The molecule has 2 heterocycles. The first-order valence-electron chi connectivity index (χ1n) is 4.76. The van der Waals surface area contributed by atoms with Crippen molar-refractivity contribution in [3.8, 4) is 0 Å². The van der Waals surface area contributed by atoms with Crippen molar-refractivity contribution in [1.82, 2.24) is 5.32 Å². The number of thiophene rings is 1. The molecule has 0 aromatic carbocycles. The van der Waals surface area contributed by atoms with Crippen LogP contribution in [0.3, 0.4) is 0 Å². The molecule has 72 valence electrons. The summed E-state index contributed by atoms with van der Waals surface area (Å²) >= 11 is 3.87. The van der Waals surface area contributed by atoms with Gasteiger partial charge in [-0.25, -0.2) is 0 Å². The molecule has 1 fully saturated rings. The Balaban J connectivity index is 2.00. The van der Waals surface area contributed by atoms with Crippen LogP contribution in [0.2, 0.25) is 0 Å². The summed E-state index contributed by atoms with van der Waals surface area (Å²) in [5.41, 5.74) is 1.47. The van der Waals surface area contributed by atoms with Crippen LogP contribution in [0, 0.1) is 0 Å². The SMILES string of the molecule is CCC1CSCC(c2ccsc2)N1. The van der Waals surface area contributed by atoms with E-state index in [4.69, 9.17) is 0 Å². The van der Waals surface area contributed by atoms with Gasteiger partial charge in [0.1, 0.15) is 0 Å². The van der Waals surface area contributed by atoms with Gasteiger partial charge in [0.25, 0.3) is 0 Å². The number of rotatable bonds is 2. The van der Waals surface area contributed by atoms with Crippen molar-refractivity contribution in [3.05, 3.63) is 22.4 Å². The molecular formula is C10H15NS2. The Morgan fingerprint density at radius 2 is 2.46 bits per heavy atom. The highest BCUT2D eigenvalue weighted by Crippen LogP contribution is 2.26. The van der Waals surface area contributed by atoms with E-state index in [0.29, 0.717) is 12.1 Å². The van der Waals surface area contributed by atoms with Gasteiger partial charge < -0.3 is 5.32 Å². The van der Waals surface area contributed by atoms with Gasteiger partial charge in [-0.15, -0.1) is 0 Å². The molecule has 1 saturated heterocycles. The largest absolute Gasteiger partial charge is 0.306 e. The van der Waals surface area contributed by atoms with Crippen molar-refractivity contribution in [1.29, 1.82) is 0 Å². The molecule has 0 amide bonds. The maximum Gasteiger partial charge on any atom is 0.0422 e. The minimum Gasteiger partial charge on any atom is -0.306 e. The van der Waals surface area contributed by atoms with Crippen molar-refractivity contribution >= 4 is 23.1 Å². The Morgan fingerprint density at radius 3 is 3.15 bits per heavy atom. The summed E-state index contributed by atoms with van der Waals surface area (Å²) in [6.45, 7) is 2.26. The van der Waals surface area contributed by atoms with Gasteiger partial charge in [-0.3, -0.25) is 0 Å². The molecule has 0 saturated carbocycles. The van der Waals surface area contributed by atoms with Gasteiger partial charge in [-0.05, 0) is 28.8 Å². The molecule has 2 unspecified atom stereocenters. The number of thioether (sulfide) groups is 1. The maximum absolute atomic E-state index is 3.69. The lowest BCUT2D eigenvalue weighted by molar-refractivity contribution is 0.467. The zero-order chi connectivity index (χ0) is 9.10. The van der Waals surface area contributed by atoms with Gasteiger partial charge in [-0.2, -0.15) is 23.1 Å². The van der Waals surface area contributed by atoms with E-state index in [9.17, 15) is 0 Å². The maximum atomic E-state index is 3.69. The minimum atomic E-state index is 0.593. The third kappa shape index (κ3) is 2.27. The first-order valence-corrected chi connectivity index (χ1v) is 6.85. The van der Waals surface area contributed by atoms with Crippen LogP contribution in [-0.4, -0.2) is 17.5 Å². The van der Waals surface area contributed by atoms with Crippen molar-refractivity contribution in [2.75, 3.05) is 11.5 Å². The van der Waals surface area contributed by atoms with Crippen molar-refractivity contribution in [2.45, 2.75) is 25.4 Å². The Bertz CT molecular complexity index is 245. The second-order valence-electron chi connectivity index (χ2n) is 3.42. The van der Waals surface area contributed by atoms with Gasteiger partial charge in [0.15, 0.2) is 0 Å².